The lowest BCUT2D eigenvalue weighted by Gasteiger charge is -2.14. The summed E-state index contributed by atoms with van der Waals surface area (Å²) < 4.78 is 14.0. The number of halogens is 2. The first-order valence-electron chi connectivity index (χ1n) is 8.20. The van der Waals surface area contributed by atoms with Crippen molar-refractivity contribution >= 4 is 51.4 Å². The Kier molecular flexibility index (Phi) is 4.72. The van der Waals surface area contributed by atoms with Crippen molar-refractivity contribution in [2.45, 2.75) is 6.54 Å². The van der Waals surface area contributed by atoms with E-state index in [1.54, 1.807) is 0 Å². The molecule has 2 amide bonds. The Morgan fingerprint density at radius 2 is 1.74 bits per heavy atom. The highest BCUT2D eigenvalue weighted by atomic mass is 35.5. The lowest BCUT2D eigenvalue weighted by atomic mass is 10.0. The van der Waals surface area contributed by atoms with E-state index in [0.717, 1.165) is 28.1 Å². The van der Waals surface area contributed by atoms with Crippen molar-refractivity contribution in [1.82, 2.24) is 4.90 Å². The third kappa shape index (κ3) is 3.36. The zero-order valence-corrected chi connectivity index (χ0v) is 15.6. The molecule has 1 heterocycles. The average molecular weight is 398 g/mol. The lowest BCUT2D eigenvalue weighted by molar-refractivity contribution is -0.123. The summed E-state index contributed by atoms with van der Waals surface area (Å²) in [7, 11) is 0. The van der Waals surface area contributed by atoms with Crippen molar-refractivity contribution < 1.29 is 14.0 Å². The smallest absolute Gasteiger partial charge is 0.268 e. The minimum atomic E-state index is -0.539. The van der Waals surface area contributed by atoms with E-state index in [1.165, 1.54) is 29.2 Å². The van der Waals surface area contributed by atoms with Gasteiger partial charge in [-0.3, -0.25) is 14.5 Å². The van der Waals surface area contributed by atoms with Crippen molar-refractivity contribution in [3.63, 3.8) is 0 Å². The van der Waals surface area contributed by atoms with Crippen LogP contribution < -0.4 is 0 Å². The van der Waals surface area contributed by atoms with Crippen molar-refractivity contribution in [2.75, 3.05) is 0 Å². The maximum atomic E-state index is 14.0. The topological polar surface area (TPSA) is 37.4 Å². The molecule has 4 rings (SSSR count). The molecule has 0 saturated carbocycles. The second-order valence-electron chi connectivity index (χ2n) is 6.04. The number of fused-ring (bicyclic) bond motifs is 1. The highest BCUT2D eigenvalue weighted by molar-refractivity contribution is 8.18. The SMILES string of the molecule is O=C1S/C(=C\c2c(F)cccc2Cl)C(=O)N1Cc1cccc2ccccc12. The van der Waals surface area contributed by atoms with E-state index in [9.17, 15) is 14.0 Å². The van der Waals surface area contributed by atoms with E-state index in [4.69, 9.17) is 11.6 Å². The molecule has 3 aromatic carbocycles. The first-order chi connectivity index (χ1) is 13.0. The molecule has 0 aliphatic carbocycles. The van der Waals surface area contributed by atoms with Crippen LogP contribution in [0.5, 0.6) is 0 Å². The zero-order valence-electron chi connectivity index (χ0n) is 14.0. The molecule has 0 atom stereocenters. The van der Waals surface area contributed by atoms with Crippen LogP contribution in [0, 0.1) is 5.82 Å². The maximum absolute atomic E-state index is 14.0. The zero-order chi connectivity index (χ0) is 19.0. The lowest BCUT2D eigenvalue weighted by Crippen LogP contribution is -2.27. The van der Waals surface area contributed by atoms with E-state index >= 15 is 0 Å². The molecule has 0 bridgehead atoms. The van der Waals surface area contributed by atoms with Crippen LogP contribution in [0.1, 0.15) is 11.1 Å². The first kappa shape index (κ1) is 17.8. The summed E-state index contributed by atoms with van der Waals surface area (Å²) in [4.78, 5) is 26.5. The van der Waals surface area contributed by atoms with Crippen LogP contribution in [-0.4, -0.2) is 16.0 Å². The van der Waals surface area contributed by atoms with Gasteiger partial charge in [-0.1, -0.05) is 60.1 Å². The number of thioether (sulfide) groups is 1. The Balaban J connectivity index is 1.67. The monoisotopic (exact) mass is 397 g/mol. The molecule has 3 aromatic rings. The fourth-order valence-electron chi connectivity index (χ4n) is 3.02. The van der Waals surface area contributed by atoms with E-state index in [0.29, 0.717) is 0 Å². The maximum Gasteiger partial charge on any atom is 0.293 e. The fraction of sp³-hybridized carbons (Fsp3) is 0.0476. The average Bonchev–Trinajstić information content (AvgIpc) is 2.92. The molecule has 0 N–H and O–H groups in total. The number of hydrogen-bond acceptors (Lipinski definition) is 3. The highest BCUT2D eigenvalue weighted by Crippen LogP contribution is 2.35. The van der Waals surface area contributed by atoms with Crippen LogP contribution in [0.4, 0.5) is 9.18 Å². The van der Waals surface area contributed by atoms with Gasteiger partial charge in [-0.15, -0.1) is 0 Å². The summed E-state index contributed by atoms with van der Waals surface area (Å²) in [5.74, 6) is -0.986. The van der Waals surface area contributed by atoms with Gasteiger partial charge in [0.05, 0.1) is 16.5 Å². The van der Waals surface area contributed by atoms with E-state index < -0.39 is 11.7 Å². The Morgan fingerprint density at radius 3 is 2.56 bits per heavy atom. The van der Waals surface area contributed by atoms with Gasteiger partial charge in [-0.2, -0.15) is 0 Å². The number of nitrogens with zero attached hydrogens (tertiary/aromatic N) is 1. The number of amides is 2. The summed E-state index contributed by atoms with van der Waals surface area (Å²) in [5, 5.41) is 1.83. The molecule has 134 valence electrons. The Bertz CT molecular complexity index is 1090. The molecule has 0 unspecified atom stereocenters. The standard InChI is InChI=1S/C21H13ClFNO2S/c22-17-9-4-10-18(23)16(17)11-19-20(25)24(21(26)27-19)12-14-7-3-6-13-5-1-2-8-15(13)14/h1-11H,12H2/b19-11-. The molecule has 1 saturated heterocycles. The predicted octanol–water partition coefficient (Wildman–Crippen LogP) is 5.87. The van der Waals surface area contributed by atoms with Gasteiger partial charge in [-0.05, 0) is 46.3 Å². The molecule has 1 fully saturated rings. The summed E-state index contributed by atoms with van der Waals surface area (Å²) in [6, 6.07) is 17.8. The Labute approximate surface area is 164 Å². The second kappa shape index (κ2) is 7.18. The molecule has 1 aliphatic rings. The molecule has 0 aromatic heterocycles. The molecule has 27 heavy (non-hydrogen) atoms. The van der Waals surface area contributed by atoms with Gasteiger partial charge in [-0.25, -0.2) is 4.39 Å². The van der Waals surface area contributed by atoms with Gasteiger partial charge in [0, 0.05) is 5.56 Å². The van der Waals surface area contributed by atoms with E-state index in [-0.39, 0.29) is 27.3 Å². The molecule has 1 aliphatic heterocycles. The van der Waals surface area contributed by atoms with Gasteiger partial charge in [0.15, 0.2) is 0 Å². The number of rotatable bonds is 3. The first-order valence-corrected chi connectivity index (χ1v) is 9.40. The molecular formula is C21H13ClFNO2S. The van der Waals surface area contributed by atoms with Crippen LogP contribution in [-0.2, 0) is 11.3 Å². The Morgan fingerprint density at radius 1 is 1.00 bits per heavy atom. The molecule has 6 heteroatoms. The van der Waals surface area contributed by atoms with Crippen LogP contribution in [0.15, 0.2) is 65.6 Å². The van der Waals surface area contributed by atoms with Crippen molar-refractivity contribution in [3.8, 4) is 0 Å². The van der Waals surface area contributed by atoms with Gasteiger partial charge >= 0.3 is 0 Å². The van der Waals surface area contributed by atoms with Gasteiger partial charge in [0.1, 0.15) is 5.82 Å². The van der Waals surface area contributed by atoms with Crippen molar-refractivity contribution in [1.29, 1.82) is 0 Å². The van der Waals surface area contributed by atoms with Gasteiger partial charge in [0.25, 0.3) is 11.1 Å². The second-order valence-corrected chi connectivity index (χ2v) is 7.44. The third-order valence-electron chi connectivity index (χ3n) is 4.36. The quantitative estimate of drug-likeness (QED) is 0.519. The summed E-state index contributed by atoms with van der Waals surface area (Å²) in [5.41, 5.74) is 0.982. The highest BCUT2D eigenvalue weighted by Gasteiger charge is 2.35. The summed E-state index contributed by atoms with van der Waals surface area (Å²) >= 11 is 6.81. The molecular weight excluding hydrogens is 385 g/mol. The molecule has 0 spiro atoms. The number of carbonyl (C=O) groups excluding carboxylic acids is 2. The van der Waals surface area contributed by atoms with Gasteiger partial charge in [0.2, 0.25) is 0 Å². The number of hydrogen-bond donors (Lipinski definition) is 0. The van der Waals surface area contributed by atoms with Crippen LogP contribution in [0.3, 0.4) is 0 Å². The Hall–Kier alpha value is -2.63. The van der Waals surface area contributed by atoms with Crippen molar-refractivity contribution in [3.05, 3.63) is 87.5 Å². The largest absolute Gasteiger partial charge is 0.293 e. The minimum Gasteiger partial charge on any atom is -0.268 e. The normalized spacial score (nSPS) is 15.9. The molecule has 3 nitrogen and oxygen atoms in total. The van der Waals surface area contributed by atoms with E-state index in [1.807, 2.05) is 42.5 Å². The third-order valence-corrected chi connectivity index (χ3v) is 5.59. The van der Waals surface area contributed by atoms with Crippen LogP contribution in [0.2, 0.25) is 5.02 Å². The number of benzene rings is 3. The fourth-order valence-corrected chi connectivity index (χ4v) is 4.05. The van der Waals surface area contributed by atoms with E-state index in [2.05, 4.69) is 0 Å². The summed E-state index contributed by atoms with van der Waals surface area (Å²) in [6.45, 7) is 0.161. The van der Waals surface area contributed by atoms with Crippen LogP contribution >= 0.6 is 23.4 Å². The minimum absolute atomic E-state index is 0.106. The number of carbonyl (C=O) groups is 2. The number of imide groups is 1. The molecule has 0 radical (unpaired) electrons. The predicted molar refractivity (Wildman–Crippen MR) is 107 cm³/mol. The summed E-state index contributed by atoms with van der Waals surface area (Å²) in [6.07, 6.45) is 1.34. The van der Waals surface area contributed by atoms with Crippen LogP contribution in [0.25, 0.3) is 16.8 Å². The van der Waals surface area contributed by atoms with Crippen molar-refractivity contribution in [2.24, 2.45) is 0 Å². The van der Waals surface area contributed by atoms with Gasteiger partial charge < -0.3 is 0 Å².